The molecular weight excluding hydrogens is 331 g/mol. The smallest absolute Gasteiger partial charge is 0.394 e. The van der Waals surface area contributed by atoms with Crippen LogP contribution in [0.4, 0.5) is 13.2 Å². The summed E-state index contributed by atoms with van der Waals surface area (Å²) in [4.78, 5) is 12.0. The van der Waals surface area contributed by atoms with Gasteiger partial charge in [0.05, 0.1) is 18.2 Å². The lowest BCUT2D eigenvalue weighted by Gasteiger charge is -2.17. The van der Waals surface area contributed by atoms with Crippen molar-refractivity contribution in [2.45, 2.75) is 18.6 Å². The average molecular weight is 349 g/mol. The van der Waals surface area contributed by atoms with Gasteiger partial charge in [0.25, 0.3) is 0 Å². The number of amides is 1. The van der Waals surface area contributed by atoms with E-state index in [1.165, 1.54) is 24.3 Å². The molecule has 0 bridgehead atoms. The molecular formula is C19H18F3NO2. The van der Waals surface area contributed by atoms with Gasteiger partial charge in [0.1, 0.15) is 0 Å². The van der Waals surface area contributed by atoms with Gasteiger partial charge in [-0.15, -0.1) is 0 Å². The van der Waals surface area contributed by atoms with Crippen molar-refractivity contribution >= 4 is 11.5 Å². The zero-order valence-electron chi connectivity index (χ0n) is 13.3. The van der Waals surface area contributed by atoms with Crippen LogP contribution in [0.1, 0.15) is 11.1 Å². The first-order valence-electron chi connectivity index (χ1n) is 7.69. The number of aliphatic hydroxyl groups excluding tert-OH is 1. The highest BCUT2D eigenvalue weighted by molar-refractivity contribution is 5.96. The van der Waals surface area contributed by atoms with Crippen molar-refractivity contribution in [3.05, 3.63) is 77.9 Å². The first kappa shape index (κ1) is 18.7. The molecule has 25 heavy (non-hydrogen) atoms. The van der Waals surface area contributed by atoms with E-state index in [0.717, 1.165) is 5.56 Å². The van der Waals surface area contributed by atoms with E-state index >= 15 is 0 Å². The number of allylic oxidation sites excluding steroid dienone is 1. The zero-order chi connectivity index (χ0) is 18.3. The highest BCUT2D eigenvalue weighted by Crippen LogP contribution is 2.33. The lowest BCUT2D eigenvalue weighted by molar-refractivity contribution is -0.118. The number of halogens is 3. The van der Waals surface area contributed by atoms with Gasteiger partial charge in [-0.25, -0.2) is 0 Å². The number of rotatable bonds is 6. The van der Waals surface area contributed by atoms with E-state index < -0.39 is 23.7 Å². The van der Waals surface area contributed by atoms with Gasteiger partial charge in [0, 0.05) is 6.08 Å². The summed E-state index contributed by atoms with van der Waals surface area (Å²) in [5, 5.41) is 11.8. The molecule has 1 unspecified atom stereocenters. The monoisotopic (exact) mass is 349 g/mol. The lowest BCUT2D eigenvalue weighted by Crippen LogP contribution is -2.38. The van der Waals surface area contributed by atoms with Gasteiger partial charge >= 0.3 is 6.18 Å². The summed E-state index contributed by atoms with van der Waals surface area (Å²) in [7, 11) is 0. The third-order valence-electron chi connectivity index (χ3n) is 3.56. The Hall–Kier alpha value is -2.60. The second kappa shape index (κ2) is 8.48. The Morgan fingerprint density at radius 1 is 1.04 bits per heavy atom. The van der Waals surface area contributed by atoms with E-state index in [9.17, 15) is 23.1 Å². The SMILES string of the molecule is O=C(/C=C(/c1ccccc1)C(F)(F)F)NC(CO)Cc1ccccc1. The number of alkyl halides is 3. The highest BCUT2D eigenvalue weighted by Gasteiger charge is 2.35. The number of nitrogens with one attached hydrogen (secondary N) is 1. The number of carbonyl (C=O) groups is 1. The van der Waals surface area contributed by atoms with Gasteiger partial charge in [0.2, 0.25) is 5.91 Å². The summed E-state index contributed by atoms with van der Waals surface area (Å²) in [6.45, 7) is -0.374. The molecule has 0 saturated carbocycles. The van der Waals surface area contributed by atoms with E-state index in [4.69, 9.17) is 0 Å². The molecule has 0 radical (unpaired) electrons. The van der Waals surface area contributed by atoms with Crippen LogP contribution in [-0.2, 0) is 11.2 Å². The van der Waals surface area contributed by atoms with Gasteiger partial charge in [0.15, 0.2) is 0 Å². The van der Waals surface area contributed by atoms with Crippen LogP contribution >= 0.6 is 0 Å². The summed E-state index contributed by atoms with van der Waals surface area (Å²) in [6, 6.07) is 15.5. The van der Waals surface area contributed by atoms with Crippen LogP contribution in [0.2, 0.25) is 0 Å². The lowest BCUT2D eigenvalue weighted by atomic mass is 10.0. The Balaban J connectivity index is 2.15. The predicted octanol–water partition coefficient (Wildman–Crippen LogP) is 3.35. The van der Waals surface area contributed by atoms with Crippen LogP contribution in [0, 0.1) is 0 Å². The van der Waals surface area contributed by atoms with E-state index in [1.807, 2.05) is 30.3 Å². The molecule has 0 aliphatic carbocycles. The summed E-state index contributed by atoms with van der Waals surface area (Å²) >= 11 is 0. The Bertz CT molecular complexity index is 712. The predicted molar refractivity (Wildman–Crippen MR) is 89.6 cm³/mol. The summed E-state index contributed by atoms with van der Waals surface area (Å²) < 4.78 is 39.7. The van der Waals surface area contributed by atoms with Crippen molar-refractivity contribution in [2.75, 3.05) is 6.61 Å². The van der Waals surface area contributed by atoms with Crippen molar-refractivity contribution < 1.29 is 23.1 Å². The molecule has 0 aliphatic rings. The van der Waals surface area contributed by atoms with Gasteiger partial charge in [-0.3, -0.25) is 4.79 Å². The fourth-order valence-electron chi connectivity index (χ4n) is 2.38. The van der Waals surface area contributed by atoms with Crippen LogP contribution in [0.15, 0.2) is 66.7 Å². The number of benzene rings is 2. The Kier molecular flexibility index (Phi) is 6.36. The van der Waals surface area contributed by atoms with Crippen molar-refractivity contribution in [3.8, 4) is 0 Å². The highest BCUT2D eigenvalue weighted by atomic mass is 19.4. The van der Waals surface area contributed by atoms with E-state index in [-0.39, 0.29) is 12.2 Å². The van der Waals surface area contributed by atoms with Crippen LogP contribution < -0.4 is 5.32 Å². The van der Waals surface area contributed by atoms with Crippen molar-refractivity contribution in [1.29, 1.82) is 0 Å². The Morgan fingerprint density at radius 3 is 2.12 bits per heavy atom. The standard InChI is InChI=1S/C19H18F3NO2/c20-19(21,22)17(15-9-5-2-6-10-15)12-18(25)23-16(13-24)11-14-7-3-1-4-8-14/h1-10,12,16,24H,11,13H2,(H,23,25)/b17-12-. The maximum Gasteiger partial charge on any atom is 0.417 e. The molecule has 0 spiro atoms. The third-order valence-corrected chi connectivity index (χ3v) is 3.56. The van der Waals surface area contributed by atoms with Crippen molar-refractivity contribution in [2.24, 2.45) is 0 Å². The molecule has 2 rings (SSSR count). The van der Waals surface area contributed by atoms with Gasteiger partial charge in [-0.2, -0.15) is 13.2 Å². The van der Waals surface area contributed by atoms with Gasteiger partial charge in [-0.1, -0.05) is 60.7 Å². The molecule has 2 aromatic rings. The number of hydrogen-bond donors (Lipinski definition) is 2. The van der Waals surface area contributed by atoms with Crippen molar-refractivity contribution in [3.63, 3.8) is 0 Å². The van der Waals surface area contributed by atoms with Crippen LogP contribution in [0.25, 0.3) is 5.57 Å². The first-order chi connectivity index (χ1) is 11.9. The fraction of sp³-hybridized carbons (Fsp3) is 0.211. The molecule has 6 heteroatoms. The number of hydrogen-bond acceptors (Lipinski definition) is 2. The maximum absolute atomic E-state index is 13.2. The fourth-order valence-corrected chi connectivity index (χ4v) is 2.38. The maximum atomic E-state index is 13.2. The van der Waals surface area contributed by atoms with E-state index in [0.29, 0.717) is 12.5 Å². The molecule has 132 valence electrons. The minimum atomic E-state index is -4.66. The van der Waals surface area contributed by atoms with E-state index in [2.05, 4.69) is 5.32 Å². The second-order valence-corrected chi connectivity index (χ2v) is 5.50. The Morgan fingerprint density at radius 2 is 1.60 bits per heavy atom. The second-order valence-electron chi connectivity index (χ2n) is 5.50. The van der Waals surface area contributed by atoms with Crippen LogP contribution in [0.5, 0.6) is 0 Å². The molecule has 3 nitrogen and oxygen atoms in total. The minimum Gasteiger partial charge on any atom is -0.394 e. The summed E-state index contributed by atoms with van der Waals surface area (Å²) in [6.07, 6.45) is -3.81. The molecule has 2 aromatic carbocycles. The third kappa shape index (κ3) is 5.76. The van der Waals surface area contributed by atoms with Gasteiger partial charge in [-0.05, 0) is 17.5 Å². The molecule has 1 atom stereocenters. The number of carbonyl (C=O) groups excluding carboxylic acids is 1. The van der Waals surface area contributed by atoms with E-state index in [1.54, 1.807) is 6.07 Å². The van der Waals surface area contributed by atoms with Crippen LogP contribution in [-0.4, -0.2) is 29.8 Å². The molecule has 0 heterocycles. The topological polar surface area (TPSA) is 49.3 Å². The molecule has 2 N–H and O–H groups in total. The van der Waals surface area contributed by atoms with Crippen molar-refractivity contribution in [1.82, 2.24) is 5.32 Å². The Labute approximate surface area is 143 Å². The molecule has 0 fully saturated rings. The normalized spacial score (nSPS) is 13.4. The summed E-state index contributed by atoms with van der Waals surface area (Å²) in [5.74, 6) is -0.897. The largest absolute Gasteiger partial charge is 0.417 e. The summed E-state index contributed by atoms with van der Waals surface area (Å²) in [5.41, 5.74) is -0.249. The quantitative estimate of drug-likeness (QED) is 0.786. The minimum absolute atomic E-state index is 0.0891. The molecule has 1 amide bonds. The zero-order valence-corrected chi connectivity index (χ0v) is 13.3. The average Bonchev–Trinajstić information content (AvgIpc) is 2.60. The van der Waals surface area contributed by atoms with Gasteiger partial charge < -0.3 is 10.4 Å². The molecule has 0 aromatic heterocycles. The first-order valence-corrected chi connectivity index (χ1v) is 7.69. The van der Waals surface area contributed by atoms with Crippen LogP contribution in [0.3, 0.4) is 0 Å². The molecule has 0 saturated heterocycles. The number of aliphatic hydroxyl groups is 1. The molecule has 0 aliphatic heterocycles.